The van der Waals surface area contributed by atoms with E-state index in [9.17, 15) is 9.00 Å². The van der Waals surface area contributed by atoms with Gasteiger partial charge >= 0.3 is 0 Å². The lowest BCUT2D eigenvalue weighted by atomic mass is 10.1. The number of hydrogen-bond donors (Lipinski definition) is 1. The third kappa shape index (κ3) is 4.35. The van der Waals surface area contributed by atoms with Gasteiger partial charge in [-0.3, -0.25) is 14.3 Å². The predicted molar refractivity (Wildman–Crippen MR) is 107 cm³/mol. The summed E-state index contributed by atoms with van der Waals surface area (Å²) in [6.07, 6.45) is 1.60. The number of nitrogens with zero attached hydrogens (tertiary/aromatic N) is 1. The van der Waals surface area contributed by atoms with Crippen LogP contribution in [0.2, 0.25) is 0 Å². The van der Waals surface area contributed by atoms with E-state index in [4.69, 9.17) is 9.47 Å². The summed E-state index contributed by atoms with van der Waals surface area (Å²) < 4.78 is 22.1. The molecule has 1 heterocycles. The fourth-order valence-corrected chi connectivity index (χ4v) is 3.66. The van der Waals surface area contributed by atoms with E-state index in [1.807, 2.05) is 23.6 Å². The molecule has 3 rings (SSSR count). The van der Waals surface area contributed by atoms with Crippen molar-refractivity contribution in [1.82, 2.24) is 4.98 Å². The van der Waals surface area contributed by atoms with E-state index >= 15 is 0 Å². The van der Waals surface area contributed by atoms with Gasteiger partial charge in [-0.1, -0.05) is 0 Å². The van der Waals surface area contributed by atoms with Crippen molar-refractivity contribution in [3.63, 3.8) is 0 Å². The van der Waals surface area contributed by atoms with E-state index in [1.165, 1.54) is 11.3 Å². The summed E-state index contributed by atoms with van der Waals surface area (Å²) in [6, 6.07) is 12.1. The number of hydrogen-bond acceptors (Lipinski definition) is 6. The third-order valence-corrected chi connectivity index (χ3v) is 5.55. The van der Waals surface area contributed by atoms with Gasteiger partial charge in [0.15, 0.2) is 5.13 Å². The van der Waals surface area contributed by atoms with Crippen LogP contribution in [0, 0.1) is 0 Å². The molecule has 0 spiro atoms. The Bertz CT molecular complexity index is 984. The maximum absolute atomic E-state index is 12.4. The minimum absolute atomic E-state index is 0.276. The standard InChI is InChI=1S/C19H18N2O4S2/c1-24-13-6-9-17(25-2)15(10-13)16-11-26-19(20-16)21-18(22)12-4-7-14(8-5-12)27(3)23/h4-11H,1-3H3,(H,20,21,22). The number of methoxy groups -OCH3 is 2. The molecular weight excluding hydrogens is 384 g/mol. The van der Waals surface area contributed by atoms with E-state index in [0.717, 1.165) is 5.56 Å². The van der Waals surface area contributed by atoms with Crippen molar-refractivity contribution in [2.45, 2.75) is 4.90 Å². The predicted octanol–water partition coefficient (Wildman–Crippen LogP) is 3.82. The van der Waals surface area contributed by atoms with Crippen LogP contribution in [-0.2, 0) is 10.8 Å². The highest BCUT2D eigenvalue weighted by Crippen LogP contribution is 2.35. The van der Waals surface area contributed by atoms with Gasteiger partial charge in [-0.2, -0.15) is 0 Å². The number of ether oxygens (including phenoxy) is 2. The maximum atomic E-state index is 12.4. The molecule has 0 aliphatic heterocycles. The largest absolute Gasteiger partial charge is 0.497 e. The summed E-state index contributed by atoms with van der Waals surface area (Å²) >= 11 is 1.32. The molecule has 3 aromatic rings. The highest BCUT2D eigenvalue weighted by molar-refractivity contribution is 7.84. The summed E-state index contributed by atoms with van der Waals surface area (Å²) in [6.45, 7) is 0. The molecule has 140 valence electrons. The van der Waals surface area contributed by atoms with E-state index < -0.39 is 10.8 Å². The summed E-state index contributed by atoms with van der Waals surface area (Å²) in [5.74, 6) is 1.09. The van der Waals surface area contributed by atoms with Gasteiger partial charge in [0.05, 0.1) is 19.9 Å². The molecule has 0 fully saturated rings. The third-order valence-electron chi connectivity index (χ3n) is 3.86. The number of benzene rings is 2. The minimum atomic E-state index is -1.08. The van der Waals surface area contributed by atoms with Crippen LogP contribution in [0.15, 0.2) is 52.7 Å². The van der Waals surface area contributed by atoms with E-state index in [-0.39, 0.29) is 5.91 Å². The first-order valence-corrected chi connectivity index (χ1v) is 10.4. The van der Waals surface area contributed by atoms with Crippen LogP contribution in [0.25, 0.3) is 11.3 Å². The van der Waals surface area contributed by atoms with Crippen LogP contribution < -0.4 is 14.8 Å². The van der Waals surface area contributed by atoms with Crippen LogP contribution in [0.1, 0.15) is 10.4 Å². The molecule has 0 aliphatic rings. The lowest BCUT2D eigenvalue weighted by molar-refractivity contribution is 0.102. The fourth-order valence-electron chi connectivity index (χ4n) is 2.44. The Labute approximate surface area is 163 Å². The summed E-state index contributed by atoms with van der Waals surface area (Å²) in [4.78, 5) is 17.6. The normalized spacial score (nSPS) is 11.7. The average Bonchev–Trinajstić information content (AvgIpc) is 3.15. The number of thiazole rings is 1. The Kier molecular flexibility index (Phi) is 5.88. The molecule has 0 radical (unpaired) electrons. The van der Waals surface area contributed by atoms with E-state index in [0.29, 0.717) is 32.8 Å². The van der Waals surface area contributed by atoms with Crippen molar-refractivity contribution in [3.05, 3.63) is 53.4 Å². The monoisotopic (exact) mass is 402 g/mol. The number of aromatic nitrogens is 1. The van der Waals surface area contributed by atoms with Gasteiger partial charge in [-0.15, -0.1) is 11.3 Å². The highest BCUT2D eigenvalue weighted by atomic mass is 32.2. The molecule has 1 N–H and O–H groups in total. The van der Waals surface area contributed by atoms with Gasteiger partial charge in [0.1, 0.15) is 11.5 Å². The number of rotatable bonds is 6. The summed E-state index contributed by atoms with van der Waals surface area (Å²) in [5.41, 5.74) is 1.94. The maximum Gasteiger partial charge on any atom is 0.257 e. The molecule has 1 amide bonds. The van der Waals surface area contributed by atoms with E-state index in [2.05, 4.69) is 10.3 Å². The number of carbonyl (C=O) groups excluding carboxylic acids is 1. The van der Waals surface area contributed by atoms with E-state index in [1.54, 1.807) is 44.7 Å². The van der Waals surface area contributed by atoms with Crippen LogP contribution in [-0.4, -0.2) is 35.6 Å². The van der Waals surface area contributed by atoms with Crippen molar-refractivity contribution in [2.75, 3.05) is 25.8 Å². The average molecular weight is 402 g/mol. The van der Waals surface area contributed by atoms with Gasteiger partial charge < -0.3 is 9.47 Å². The van der Waals surface area contributed by atoms with Gasteiger partial charge in [0.25, 0.3) is 5.91 Å². The molecule has 0 aliphatic carbocycles. The van der Waals surface area contributed by atoms with Crippen molar-refractivity contribution in [3.8, 4) is 22.8 Å². The zero-order valence-corrected chi connectivity index (χ0v) is 16.6. The van der Waals surface area contributed by atoms with Crippen LogP contribution in [0.4, 0.5) is 5.13 Å². The lowest BCUT2D eigenvalue weighted by Gasteiger charge is -2.08. The molecule has 2 aromatic carbocycles. The number of carbonyl (C=O) groups is 1. The molecule has 1 atom stereocenters. The van der Waals surface area contributed by atoms with Gasteiger partial charge in [-0.25, -0.2) is 4.98 Å². The topological polar surface area (TPSA) is 77.5 Å². The van der Waals surface area contributed by atoms with Gasteiger partial charge in [-0.05, 0) is 42.5 Å². The first kappa shape index (κ1) is 19.1. The Morgan fingerprint density at radius 3 is 2.48 bits per heavy atom. The molecule has 0 bridgehead atoms. The quantitative estimate of drug-likeness (QED) is 0.678. The second-order valence-electron chi connectivity index (χ2n) is 5.54. The second kappa shape index (κ2) is 8.32. The Hall–Kier alpha value is -2.71. The van der Waals surface area contributed by atoms with Crippen LogP contribution in [0.5, 0.6) is 11.5 Å². The number of anilines is 1. The first-order valence-electron chi connectivity index (χ1n) is 7.94. The minimum Gasteiger partial charge on any atom is -0.497 e. The number of nitrogens with one attached hydrogen (secondary N) is 1. The Morgan fingerprint density at radius 1 is 1.11 bits per heavy atom. The molecule has 1 unspecified atom stereocenters. The van der Waals surface area contributed by atoms with Crippen LogP contribution in [0.3, 0.4) is 0 Å². The fraction of sp³-hybridized carbons (Fsp3) is 0.158. The number of amides is 1. The molecule has 0 saturated heterocycles. The highest BCUT2D eigenvalue weighted by Gasteiger charge is 2.14. The van der Waals surface area contributed by atoms with Crippen LogP contribution >= 0.6 is 11.3 Å². The smallest absolute Gasteiger partial charge is 0.257 e. The zero-order chi connectivity index (χ0) is 19.4. The van der Waals surface area contributed by atoms with Crippen molar-refractivity contribution >= 4 is 33.2 Å². The molecule has 6 nitrogen and oxygen atoms in total. The first-order chi connectivity index (χ1) is 13.0. The lowest BCUT2D eigenvalue weighted by Crippen LogP contribution is -2.11. The SMILES string of the molecule is COc1ccc(OC)c(-c2csc(NC(=O)c3ccc(S(C)=O)cc3)n2)c1. The Morgan fingerprint density at radius 2 is 1.85 bits per heavy atom. The molecule has 1 aromatic heterocycles. The summed E-state index contributed by atoms with van der Waals surface area (Å²) in [5, 5.41) is 5.10. The second-order valence-corrected chi connectivity index (χ2v) is 7.77. The molecule has 27 heavy (non-hydrogen) atoms. The van der Waals surface area contributed by atoms with Crippen molar-refractivity contribution in [2.24, 2.45) is 0 Å². The van der Waals surface area contributed by atoms with Gasteiger partial charge in [0.2, 0.25) is 0 Å². The Balaban J connectivity index is 1.80. The van der Waals surface area contributed by atoms with Gasteiger partial charge in [0, 0.05) is 38.5 Å². The zero-order valence-electron chi connectivity index (χ0n) is 15.0. The molecular formula is C19H18N2O4S2. The van der Waals surface area contributed by atoms with Crippen molar-refractivity contribution in [1.29, 1.82) is 0 Å². The molecule has 8 heteroatoms. The van der Waals surface area contributed by atoms with Crippen molar-refractivity contribution < 1.29 is 18.5 Å². The molecule has 0 saturated carbocycles. The summed E-state index contributed by atoms with van der Waals surface area (Å²) in [7, 11) is 2.11.